The largest absolute Gasteiger partial charge is 0.872 e. The van der Waals surface area contributed by atoms with Gasteiger partial charge in [-0.2, -0.15) is 5.10 Å². The molecule has 9 heteroatoms. The number of amides is 1. The van der Waals surface area contributed by atoms with E-state index in [-0.39, 0.29) is 23.4 Å². The minimum Gasteiger partial charge on any atom is -0.872 e. The molecule has 1 N–H and O–H groups in total. The minimum atomic E-state index is -0.902. The molecule has 0 saturated heterocycles. The summed E-state index contributed by atoms with van der Waals surface area (Å²) in [7, 11) is 0. The molecule has 1 atom stereocenters. The van der Waals surface area contributed by atoms with Crippen molar-refractivity contribution in [1.29, 1.82) is 0 Å². The van der Waals surface area contributed by atoms with Gasteiger partial charge in [0, 0.05) is 12.1 Å². The Kier molecular flexibility index (Phi) is 4.70. The summed E-state index contributed by atoms with van der Waals surface area (Å²) in [6, 6.07) is 9.22. The predicted octanol–water partition coefficient (Wildman–Crippen LogP) is 1.27. The zero-order chi connectivity index (χ0) is 18.7. The van der Waals surface area contributed by atoms with Crippen LogP contribution in [0.25, 0.3) is 0 Å². The maximum absolute atomic E-state index is 12.1. The molecule has 9 nitrogen and oxygen atoms in total. The van der Waals surface area contributed by atoms with Gasteiger partial charge < -0.3 is 14.6 Å². The second kappa shape index (κ2) is 7.09. The van der Waals surface area contributed by atoms with E-state index in [2.05, 4.69) is 10.5 Å². The first-order chi connectivity index (χ1) is 12.5. The van der Waals surface area contributed by atoms with Gasteiger partial charge in [0.2, 0.25) is 6.10 Å². The van der Waals surface area contributed by atoms with Crippen molar-refractivity contribution in [3.8, 4) is 17.2 Å². The zero-order valence-corrected chi connectivity index (χ0v) is 13.7. The van der Waals surface area contributed by atoms with Gasteiger partial charge in [-0.05, 0) is 24.6 Å². The van der Waals surface area contributed by atoms with Crippen molar-refractivity contribution < 1.29 is 24.3 Å². The van der Waals surface area contributed by atoms with Gasteiger partial charge in [0.25, 0.3) is 11.6 Å². The van der Waals surface area contributed by atoms with Crippen LogP contribution in [0, 0.1) is 17.0 Å². The van der Waals surface area contributed by atoms with Gasteiger partial charge in [-0.3, -0.25) is 14.9 Å². The fourth-order valence-corrected chi connectivity index (χ4v) is 2.37. The normalized spacial score (nSPS) is 15.7. The fraction of sp³-hybridized carbons (Fsp3) is 0.176. The summed E-state index contributed by atoms with van der Waals surface area (Å²) in [5, 5.41) is 26.5. The first-order valence-corrected chi connectivity index (χ1v) is 7.63. The number of nitrogens with zero attached hydrogens (tertiary/aromatic N) is 2. The molecular formula is C17H14N3O6-. The molecule has 0 aliphatic carbocycles. The zero-order valence-electron chi connectivity index (χ0n) is 13.7. The highest BCUT2D eigenvalue weighted by molar-refractivity contribution is 5.87. The van der Waals surface area contributed by atoms with Crippen LogP contribution in [0.5, 0.6) is 17.2 Å². The molecule has 1 heterocycles. The van der Waals surface area contributed by atoms with E-state index < -0.39 is 22.7 Å². The Hall–Kier alpha value is -3.62. The molecule has 0 aromatic heterocycles. The highest BCUT2D eigenvalue weighted by atomic mass is 16.6. The fourth-order valence-electron chi connectivity index (χ4n) is 2.37. The smallest absolute Gasteiger partial charge is 0.284 e. The number of ether oxygens (including phenoxy) is 2. The van der Waals surface area contributed by atoms with E-state index in [0.717, 1.165) is 12.3 Å². The van der Waals surface area contributed by atoms with Crippen LogP contribution in [0.3, 0.4) is 0 Å². The Balaban J connectivity index is 1.68. The number of fused-ring (bicyclic) bond motifs is 1. The number of nitro benzene ring substituents is 1. The number of carbonyl (C=O) groups excluding carboxylic acids is 1. The number of nitrogens with one attached hydrogen (secondary N) is 1. The van der Waals surface area contributed by atoms with Crippen LogP contribution >= 0.6 is 0 Å². The van der Waals surface area contributed by atoms with Crippen LogP contribution in [0.2, 0.25) is 0 Å². The van der Waals surface area contributed by atoms with Crippen molar-refractivity contribution in [2.75, 3.05) is 6.61 Å². The number of aryl methyl sites for hydroxylation is 1. The van der Waals surface area contributed by atoms with E-state index in [1.165, 1.54) is 13.0 Å². The molecule has 2 aromatic carbocycles. The van der Waals surface area contributed by atoms with Gasteiger partial charge in [0.05, 0.1) is 11.1 Å². The third kappa shape index (κ3) is 3.56. The number of benzene rings is 2. The van der Waals surface area contributed by atoms with E-state index in [1.807, 2.05) is 0 Å². The molecule has 2 aromatic rings. The Morgan fingerprint density at radius 3 is 2.81 bits per heavy atom. The highest BCUT2D eigenvalue weighted by Crippen LogP contribution is 2.30. The van der Waals surface area contributed by atoms with E-state index in [4.69, 9.17) is 9.47 Å². The van der Waals surface area contributed by atoms with E-state index in [0.29, 0.717) is 11.5 Å². The summed E-state index contributed by atoms with van der Waals surface area (Å²) in [6.45, 7) is 1.48. The first kappa shape index (κ1) is 17.2. The molecule has 1 amide bonds. The van der Waals surface area contributed by atoms with E-state index in [1.54, 1.807) is 24.3 Å². The van der Waals surface area contributed by atoms with Crippen molar-refractivity contribution in [3.63, 3.8) is 0 Å². The van der Waals surface area contributed by atoms with Crippen molar-refractivity contribution in [2.45, 2.75) is 13.0 Å². The molecule has 0 bridgehead atoms. The van der Waals surface area contributed by atoms with Gasteiger partial charge in [0.1, 0.15) is 6.61 Å². The van der Waals surface area contributed by atoms with Crippen LogP contribution in [0.1, 0.15) is 11.1 Å². The number of hydrazone groups is 1. The SMILES string of the molecule is Cc1cc([N+](=O)[O-])cc(/C=N/NC(=O)[C@@H]2COc3ccccc3O2)c1[O-]. The van der Waals surface area contributed by atoms with Gasteiger partial charge in [-0.1, -0.05) is 23.4 Å². The quantitative estimate of drug-likeness (QED) is 0.499. The molecule has 134 valence electrons. The average Bonchev–Trinajstić information content (AvgIpc) is 2.64. The van der Waals surface area contributed by atoms with Crippen LogP contribution in [0.15, 0.2) is 41.5 Å². The molecule has 0 spiro atoms. The minimum absolute atomic E-state index is 0.00292. The molecule has 0 unspecified atom stereocenters. The summed E-state index contributed by atoms with van der Waals surface area (Å²) < 4.78 is 11.0. The highest BCUT2D eigenvalue weighted by Gasteiger charge is 2.27. The number of carbonyl (C=O) groups is 1. The molecular weight excluding hydrogens is 342 g/mol. The van der Waals surface area contributed by atoms with Crippen LogP contribution in [-0.2, 0) is 4.79 Å². The summed E-state index contributed by atoms with van der Waals surface area (Å²) in [5.41, 5.74) is 2.24. The molecule has 0 radical (unpaired) electrons. The summed E-state index contributed by atoms with van der Waals surface area (Å²) in [4.78, 5) is 22.4. The Bertz CT molecular complexity index is 896. The molecule has 26 heavy (non-hydrogen) atoms. The Morgan fingerprint density at radius 2 is 2.08 bits per heavy atom. The lowest BCUT2D eigenvalue weighted by molar-refractivity contribution is -0.385. The summed E-state index contributed by atoms with van der Waals surface area (Å²) in [6.07, 6.45) is 0.165. The molecule has 3 rings (SSSR count). The van der Waals surface area contributed by atoms with Crippen molar-refractivity contribution >= 4 is 17.8 Å². The number of hydrogen-bond donors (Lipinski definition) is 1. The van der Waals surface area contributed by atoms with Gasteiger partial charge in [-0.15, -0.1) is 0 Å². The lowest BCUT2D eigenvalue weighted by atomic mass is 10.1. The maximum Gasteiger partial charge on any atom is 0.284 e. The van der Waals surface area contributed by atoms with Crippen molar-refractivity contribution in [1.82, 2.24) is 5.43 Å². The molecule has 1 aliphatic rings. The molecule has 1 aliphatic heterocycles. The van der Waals surface area contributed by atoms with Crippen LogP contribution in [0.4, 0.5) is 5.69 Å². The Morgan fingerprint density at radius 1 is 1.35 bits per heavy atom. The van der Waals surface area contributed by atoms with Crippen molar-refractivity contribution in [3.05, 3.63) is 57.6 Å². The lowest BCUT2D eigenvalue weighted by Crippen LogP contribution is -2.42. The third-order valence-corrected chi connectivity index (χ3v) is 3.68. The van der Waals surface area contributed by atoms with E-state index >= 15 is 0 Å². The second-order valence-electron chi connectivity index (χ2n) is 5.54. The summed E-state index contributed by atoms with van der Waals surface area (Å²) in [5.74, 6) is 0.0206. The molecule has 0 fully saturated rings. The number of nitro groups is 1. The van der Waals surface area contributed by atoms with Gasteiger partial charge in [-0.25, -0.2) is 5.43 Å². The number of hydrogen-bond acceptors (Lipinski definition) is 7. The number of para-hydroxylation sites is 2. The average molecular weight is 356 g/mol. The lowest BCUT2D eigenvalue weighted by Gasteiger charge is -2.24. The topological polar surface area (TPSA) is 126 Å². The second-order valence-corrected chi connectivity index (χ2v) is 5.54. The standard InChI is InChI=1S/C17H15N3O6/c1-10-6-12(20(23)24)7-11(16(10)21)8-18-19-17(22)15-9-25-13-4-2-3-5-14(13)26-15/h2-8,15,21H,9H2,1H3,(H,19,22)/p-1/b18-8+/t15-/m0/s1. The van der Waals surface area contributed by atoms with Crippen molar-refractivity contribution in [2.24, 2.45) is 5.10 Å². The molecule has 0 saturated carbocycles. The van der Waals surface area contributed by atoms with Gasteiger partial charge in [0.15, 0.2) is 11.5 Å². The van der Waals surface area contributed by atoms with Crippen LogP contribution < -0.4 is 20.0 Å². The first-order valence-electron chi connectivity index (χ1n) is 7.63. The summed E-state index contributed by atoms with van der Waals surface area (Å²) >= 11 is 0. The van der Waals surface area contributed by atoms with E-state index in [9.17, 15) is 20.0 Å². The Labute approximate surface area is 148 Å². The third-order valence-electron chi connectivity index (χ3n) is 3.68. The number of non-ortho nitro benzene ring substituents is 1. The van der Waals surface area contributed by atoms with Gasteiger partial charge >= 0.3 is 0 Å². The predicted molar refractivity (Wildman–Crippen MR) is 89.4 cm³/mol. The maximum atomic E-state index is 12.1. The number of rotatable bonds is 4. The monoisotopic (exact) mass is 356 g/mol. The van der Waals surface area contributed by atoms with Crippen LogP contribution in [-0.4, -0.2) is 29.8 Å².